The van der Waals surface area contributed by atoms with Crippen LogP contribution < -0.4 is 5.32 Å². The quantitative estimate of drug-likeness (QED) is 0.912. The summed E-state index contributed by atoms with van der Waals surface area (Å²) < 4.78 is 1.99. The lowest BCUT2D eigenvalue weighted by atomic mass is 10.1. The molecular formula is C15H19N3O2S. The lowest BCUT2D eigenvalue weighted by Crippen LogP contribution is -2.41. The maximum Gasteiger partial charge on any atom is 0.261 e. The number of carbonyl (C=O) groups is 1. The second kappa shape index (κ2) is 5.61. The molecule has 2 aromatic heterocycles. The normalized spacial score (nSPS) is 25.2. The highest BCUT2D eigenvalue weighted by Gasteiger charge is 2.37. The Bertz CT molecular complexity index is 649. The molecule has 2 N–H and O–H groups in total. The highest BCUT2D eigenvalue weighted by atomic mass is 32.1. The Hall–Kier alpha value is -1.66. The third kappa shape index (κ3) is 2.73. The highest BCUT2D eigenvalue weighted by molar-refractivity contribution is 7.12. The Morgan fingerprint density at radius 1 is 1.48 bits per heavy atom. The van der Waals surface area contributed by atoms with Gasteiger partial charge in [-0.2, -0.15) is 0 Å². The average Bonchev–Trinajstić information content (AvgIpc) is 3.13. The molecule has 0 bridgehead atoms. The Balaban J connectivity index is 1.68. The van der Waals surface area contributed by atoms with Crippen molar-refractivity contribution in [1.29, 1.82) is 0 Å². The van der Waals surface area contributed by atoms with E-state index < -0.39 is 6.10 Å². The van der Waals surface area contributed by atoms with Crippen LogP contribution in [0.25, 0.3) is 0 Å². The molecule has 5 nitrogen and oxygen atoms in total. The van der Waals surface area contributed by atoms with E-state index in [-0.39, 0.29) is 18.0 Å². The molecule has 2 aromatic rings. The summed E-state index contributed by atoms with van der Waals surface area (Å²) in [5.41, 5.74) is 1.09. The standard InChI is InChI=1S/C15H19N3O2S/c1-9-7-13(21-8-9)15(20)17-11-3-4-12(14(11)19)18-6-5-16-10(18)2/h5-8,11-12,14,19H,3-4H2,1-2H3,(H,17,20)/t11-,12-,14-/m1/s1. The van der Waals surface area contributed by atoms with E-state index >= 15 is 0 Å². The molecule has 0 aromatic carbocycles. The van der Waals surface area contributed by atoms with E-state index in [9.17, 15) is 9.90 Å². The molecule has 0 saturated heterocycles. The van der Waals surface area contributed by atoms with Crippen LogP contribution in [-0.4, -0.2) is 32.7 Å². The summed E-state index contributed by atoms with van der Waals surface area (Å²) in [6.45, 7) is 3.89. The minimum atomic E-state index is -0.581. The summed E-state index contributed by atoms with van der Waals surface area (Å²) in [5.74, 6) is 0.792. The molecule has 6 heteroatoms. The molecule has 1 saturated carbocycles. The SMILES string of the molecule is Cc1csc(C(=O)N[C@@H]2CC[C@@H](n3ccnc3C)[C@@H]2O)c1. The van der Waals surface area contributed by atoms with Gasteiger partial charge in [-0.1, -0.05) is 0 Å². The molecule has 0 radical (unpaired) electrons. The van der Waals surface area contributed by atoms with Gasteiger partial charge in [-0.25, -0.2) is 4.98 Å². The van der Waals surface area contributed by atoms with Crippen molar-refractivity contribution in [3.8, 4) is 0 Å². The molecule has 0 spiro atoms. The van der Waals surface area contributed by atoms with E-state index in [1.165, 1.54) is 11.3 Å². The first-order chi connectivity index (χ1) is 10.1. The van der Waals surface area contributed by atoms with Gasteiger partial charge in [0.2, 0.25) is 0 Å². The van der Waals surface area contributed by atoms with Crippen molar-refractivity contribution in [3.63, 3.8) is 0 Å². The minimum absolute atomic E-state index is 0.0112. The first-order valence-electron chi connectivity index (χ1n) is 7.10. The number of carbonyl (C=O) groups excluding carboxylic acids is 1. The van der Waals surface area contributed by atoms with E-state index in [0.29, 0.717) is 4.88 Å². The number of hydrogen-bond donors (Lipinski definition) is 2. The smallest absolute Gasteiger partial charge is 0.261 e. The van der Waals surface area contributed by atoms with Gasteiger partial charge in [0, 0.05) is 12.4 Å². The van der Waals surface area contributed by atoms with Gasteiger partial charge < -0.3 is 15.0 Å². The molecule has 112 valence electrons. The predicted molar refractivity (Wildman–Crippen MR) is 81.6 cm³/mol. The number of thiophene rings is 1. The van der Waals surface area contributed by atoms with E-state index in [0.717, 1.165) is 24.2 Å². The Morgan fingerprint density at radius 3 is 2.90 bits per heavy atom. The largest absolute Gasteiger partial charge is 0.389 e. The van der Waals surface area contributed by atoms with Gasteiger partial charge in [-0.15, -0.1) is 11.3 Å². The number of hydrogen-bond acceptors (Lipinski definition) is 4. The van der Waals surface area contributed by atoms with E-state index in [1.54, 1.807) is 6.20 Å². The average molecular weight is 305 g/mol. The molecule has 1 fully saturated rings. The summed E-state index contributed by atoms with van der Waals surface area (Å²) in [5, 5.41) is 15.4. The topological polar surface area (TPSA) is 67.2 Å². The third-order valence-electron chi connectivity index (χ3n) is 4.07. The fraction of sp³-hybridized carbons (Fsp3) is 0.467. The summed E-state index contributed by atoms with van der Waals surface area (Å²) in [6, 6.07) is 1.66. The first kappa shape index (κ1) is 14.3. The third-order valence-corrected chi connectivity index (χ3v) is 5.12. The molecule has 3 rings (SSSR count). The number of amides is 1. The first-order valence-corrected chi connectivity index (χ1v) is 7.97. The monoisotopic (exact) mass is 305 g/mol. The summed E-state index contributed by atoms with van der Waals surface area (Å²) in [7, 11) is 0. The van der Waals surface area contributed by atoms with E-state index in [2.05, 4.69) is 10.3 Å². The molecule has 2 heterocycles. The van der Waals surface area contributed by atoms with Crippen molar-refractivity contribution in [1.82, 2.24) is 14.9 Å². The molecule has 3 atom stereocenters. The number of aromatic nitrogens is 2. The highest BCUT2D eigenvalue weighted by Crippen LogP contribution is 2.31. The fourth-order valence-electron chi connectivity index (χ4n) is 2.95. The number of rotatable bonds is 3. The summed E-state index contributed by atoms with van der Waals surface area (Å²) >= 11 is 1.43. The number of aliphatic hydroxyl groups is 1. The molecule has 1 aliphatic rings. The number of nitrogens with one attached hydrogen (secondary N) is 1. The second-order valence-electron chi connectivity index (χ2n) is 5.59. The van der Waals surface area contributed by atoms with Crippen LogP contribution in [-0.2, 0) is 0 Å². The molecular weight excluding hydrogens is 286 g/mol. The second-order valence-corrected chi connectivity index (χ2v) is 6.50. The molecule has 1 aliphatic carbocycles. The van der Waals surface area contributed by atoms with Gasteiger partial charge in [0.15, 0.2) is 0 Å². The minimum Gasteiger partial charge on any atom is -0.389 e. The fourth-order valence-corrected chi connectivity index (χ4v) is 3.75. The maximum atomic E-state index is 12.2. The van der Waals surface area contributed by atoms with Crippen LogP contribution in [0.3, 0.4) is 0 Å². The van der Waals surface area contributed by atoms with Crippen LogP contribution >= 0.6 is 11.3 Å². The molecule has 21 heavy (non-hydrogen) atoms. The van der Waals surface area contributed by atoms with E-state index in [1.807, 2.05) is 36.1 Å². The van der Waals surface area contributed by atoms with Crippen molar-refractivity contribution >= 4 is 17.2 Å². The number of aliphatic hydroxyl groups excluding tert-OH is 1. The number of aryl methyl sites for hydroxylation is 2. The van der Waals surface area contributed by atoms with Crippen molar-refractivity contribution in [2.75, 3.05) is 0 Å². The van der Waals surface area contributed by atoms with Crippen LogP contribution in [0.1, 0.15) is 39.9 Å². The van der Waals surface area contributed by atoms with Crippen LogP contribution in [0.4, 0.5) is 0 Å². The zero-order valence-corrected chi connectivity index (χ0v) is 12.9. The van der Waals surface area contributed by atoms with E-state index in [4.69, 9.17) is 0 Å². The number of imidazole rings is 1. The number of nitrogens with zero attached hydrogens (tertiary/aromatic N) is 2. The Morgan fingerprint density at radius 2 is 2.29 bits per heavy atom. The Labute approximate surface area is 127 Å². The van der Waals surface area contributed by atoms with Crippen LogP contribution in [0, 0.1) is 13.8 Å². The van der Waals surface area contributed by atoms with Crippen molar-refractivity contribution in [2.24, 2.45) is 0 Å². The zero-order valence-electron chi connectivity index (χ0n) is 12.1. The lowest BCUT2D eigenvalue weighted by Gasteiger charge is -2.22. The lowest BCUT2D eigenvalue weighted by molar-refractivity contribution is 0.0815. The van der Waals surface area contributed by atoms with Gasteiger partial charge >= 0.3 is 0 Å². The predicted octanol–water partition coefficient (Wildman–Crippen LogP) is 2.06. The maximum absolute atomic E-state index is 12.2. The van der Waals surface area contributed by atoms with Crippen molar-refractivity contribution < 1.29 is 9.90 Å². The van der Waals surface area contributed by atoms with Gasteiger partial charge in [0.05, 0.1) is 23.1 Å². The van der Waals surface area contributed by atoms with Gasteiger partial charge in [0.1, 0.15) is 5.82 Å². The molecule has 0 unspecified atom stereocenters. The van der Waals surface area contributed by atoms with Gasteiger partial charge in [-0.3, -0.25) is 4.79 Å². The van der Waals surface area contributed by atoms with Crippen LogP contribution in [0.2, 0.25) is 0 Å². The summed E-state index contributed by atoms with van der Waals surface area (Å²) in [6.07, 6.45) is 4.66. The molecule has 1 amide bonds. The van der Waals surface area contributed by atoms with Crippen LogP contribution in [0.15, 0.2) is 23.8 Å². The Kier molecular flexibility index (Phi) is 3.82. The van der Waals surface area contributed by atoms with Crippen molar-refractivity contribution in [3.05, 3.63) is 40.1 Å². The zero-order chi connectivity index (χ0) is 15.0. The van der Waals surface area contributed by atoms with Crippen molar-refractivity contribution in [2.45, 2.75) is 44.9 Å². The van der Waals surface area contributed by atoms with Gasteiger partial charge in [0.25, 0.3) is 5.91 Å². The van der Waals surface area contributed by atoms with Gasteiger partial charge in [-0.05, 0) is 43.7 Å². The van der Waals surface area contributed by atoms with Crippen LogP contribution in [0.5, 0.6) is 0 Å². The summed E-state index contributed by atoms with van der Waals surface area (Å²) in [4.78, 5) is 17.1. The molecule has 0 aliphatic heterocycles.